The van der Waals surface area contributed by atoms with Gasteiger partial charge in [0.25, 0.3) is 0 Å². The van der Waals surface area contributed by atoms with Gasteiger partial charge in [-0.15, -0.1) is 6.58 Å². The van der Waals surface area contributed by atoms with Gasteiger partial charge in [-0.3, -0.25) is 33.8 Å². The molecule has 10 nitrogen and oxygen atoms in total. The van der Waals surface area contributed by atoms with E-state index in [1.165, 1.54) is 4.90 Å². The number of primary amides is 1. The van der Waals surface area contributed by atoms with Gasteiger partial charge in [0.2, 0.25) is 5.91 Å². The van der Waals surface area contributed by atoms with E-state index in [0.29, 0.717) is 24.2 Å². The number of ketones is 4. The number of aliphatic hydroxyl groups is 1. The standard InChI is InChI=1S/C26H31N3O7/c1-5-8-29(4)11-13-7-6-12-9-14-10-15-19(28(2)3)22(32)18(25(27)35)24(34)26(15,36)23(33)17(14)21(31)16(12)20(13)30/h5-7,14-15,17-19,30,36H,1,8-11H2,2-4H3,(H2,27,35)/t14-,15-,17?,18?,19-,26-/m0/s1. The third-order valence-corrected chi connectivity index (χ3v) is 7.90. The van der Waals surface area contributed by atoms with Gasteiger partial charge < -0.3 is 15.9 Å². The second-order valence-corrected chi connectivity index (χ2v) is 10.4. The number of nitrogens with zero attached hydrogens (tertiary/aromatic N) is 2. The second kappa shape index (κ2) is 9.02. The molecule has 2 fully saturated rings. The lowest BCUT2D eigenvalue weighted by Crippen LogP contribution is -2.74. The first kappa shape index (κ1) is 25.9. The summed E-state index contributed by atoms with van der Waals surface area (Å²) in [6.45, 7) is 4.57. The van der Waals surface area contributed by atoms with Gasteiger partial charge in [0.15, 0.2) is 34.7 Å². The van der Waals surface area contributed by atoms with Crippen molar-refractivity contribution >= 4 is 29.0 Å². The molecule has 3 aliphatic rings. The number of amides is 1. The summed E-state index contributed by atoms with van der Waals surface area (Å²) in [6, 6.07) is 2.37. The highest BCUT2D eigenvalue weighted by molar-refractivity contribution is 6.32. The van der Waals surface area contributed by atoms with Gasteiger partial charge in [-0.25, -0.2) is 0 Å². The number of fused-ring (bicyclic) bond motifs is 3. The Morgan fingerprint density at radius 2 is 1.86 bits per heavy atom. The number of aromatic hydroxyl groups is 1. The van der Waals surface area contributed by atoms with Crippen LogP contribution < -0.4 is 5.73 Å². The van der Waals surface area contributed by atoms with Crippen LogP contribution in [0, 0.1) is 23.7 Å². The fraction of sp³-hybridized carbons (Fsp3) is 0.500. The molecule has 4 N–H and O–H groups in total. The molecule has 0 bridgehead atoms. The zero-order chi connectivity index (χ0) is 26.7. The molecule has 0 aliphatic heterocycles. The number of phenols is 1. The summed E-state index contributed by atoms with van der Waals surface area (Å²) in [5, 5.41) is 22.6. The van der Waals surface area contributed by atoms with Crippen LogP contribution in [0.1, 0.15) is 27.9 Å². The average molecular weight is 498 g/mol. The van der Waals surface area contributed by atoms with E-state index in [1.807, 2.05) is 11.9 Å². The van der Waals surface area contributed by atoms with Crippen molar-refractivity contribution in [1.29, 1.82) is 0 Å². The Morgan fingerprint density at radius 1 is 1.19 bits per heavy atom. The summed E-state index contributed by atoms with van der Waals surface area (Å²) in [7, 11) is 4.93. The number of rotatable bonds is 6. The molecule has 2 unspecified atom stereocenters. The van der Waals surface area contributed by atoms with Crippen molar-refractivity contribution in [2.75, 3.05) is 27.7 Å². The lowest BCUT2D eigenvalue weighted by molar-refractivity contribution is -0.181. The molecule has 0 radical (unpaired) electrons. The Morgan fingerprint density at radius 3 is 2.44 bits per heavy atom. The second-order valence-electron chi connectivity index (χ2n) is 10.4. The molecule has 0 heterocycles. The first-order valence-electron chi connectivity index (χ1n) is 11.8. The predicted molar refractivity (Wildman–Crippen MR) is 128 cm³/mol. The fourth-order valence-corrected chi connectivity index (χ4v) is 6.33. The van der Waals surface area contributed by atoms with Crippen LogP contribution >= 0.6 is 0 Å². The van der Waals surface area contributed by atoms with Crippen molar-refractivity contribution in [1.82, 2.24) is 9.80 Å². The lowest BCUT2D eigenvalue weighted by atomic mass is 9.52. The Labute approximate surface area is 208 Å². The van der Waals surface area contributed by atoms with Crippen molar-refractivity contribution in [2.45, 2.75) is 31.0 Å². The minimum absolute atomic E-state index is 0.00565. The fourth-order valence-electron chi connectivity index (χ4n) is 6.33. The van der Waals surface area contributed by atoms with Crippen molar-refractivity contribution in [3.8, 4) is 5.75 Å². The van der Waals surface area contributed by atoms with Crippen molar-refractivity contribution < 1.29 is 34.2 Å². The van der Waals surface area contributed by atoms with Gasteiger partial charge in [-0.2, -0.15) is 0 Å². The maximum absolute atomic E-state index is 13.8. The van der Waals surface area contributed by atoms with E-state index < -0.39 is 64.4 Å². The smallest absolute Gasteiger partial charge is 0.235 e. The topological polar surface area (TPSA) is 158 Å². The quantitative estimate of drug-likeness (QED) is 0.347. The van der Waals surface area contributed by atoms with Crippen molar-refractivity contribution in [3.63, 3.8) is 0 Å². The highest BCUT2D eigenvalue weighted by Crippen LogP contribution is 2.50. The van der Waals surface area contributed by atoms with Gasteiger partial charge in [-0.1, -0.05) is 18.2 Å². The Bertz CT molecular complexity index is 1190. The summed E-state index contributed by atoms with van der Waals surface area (Å²) in [5.74, 6) is -10.3. The number of carbonyl (C=O) groups is 5. The Kier molecular flexibility index (Phi) is 6.48. The molecular weight excluding hydrogens is 466 g/mol. The molecule has 4 rings (SSSR count). The highest BCUT2D eigenvalue weighted by Gasteiger charge is 2.69. The molecule has 10 heteroatoms. The summed E-state index contributed by atoms with van der Waals surface area (Å²) in [4.78, 5) is 69.1. The van der Waals surface area contributed by atoms with E-state index in [0.717, 1.165) is 0 Å². The van der Waals surface area contributed by atoms with Crippen LogP contribution in [0.4, 0.5) is 0 Å². The van der Waals surface area contributed by atoms with E-state index in [2.05, 4.69) is 6.58 Å². The summed E-state index contributed by atoms with van der Waals surface area (Å²) >= 11 is 0. The minimum atomic E-state index is -2.71. The van der Waals surface area contributed by atoms with Gasteiger partial charge in [0, 0.05) is 24.6 Å². The normalized spacial score (nSPS) is 31.8. The maximum Gasteiger partial charge on any atom is 0.235 e. The Hall–Kier alpha value is -3.21. The first-order chi connectivity index (χ1) is 16.9. The van der Waals surface area contributed by atoms with Crippen LogP contribution in [-0.4, -0.2) is 88.4 Å². The van der Waals surface area contributed by atoms with Gasteiger partial charge >= 0.3 is 0 Å². The number of Topliss-reactive ketones (excluding diaryl/α,β-unsaturated/α-hetero) is 4. The molecule has 2 saturated carbocycles. The third-order valence-electron chi connectivity index (χ3n) is 7.90. The van der Waals surface area contributed by atoms with E-state index in [9.17, 15) is 34.2 Å². The number of phenolic OH excluding ortho intramolecular Hbond substituents is 1. The summed E-state index contributed by atoms with van der Waals surface area (Å²) in [5.41, 5.74) is 3.67. The van der Waals surface area contributed by atoms with Crippen LogP contribution in [0.2, 0.25) is 0 Å². The van der Waals surface area contributed by atoms with Crippen LogP contribution in [-0.2, 0) is 32.1 Å². The van der Waals surface area contributed by atoms with Crippen LogP contribution in [0.3, 0.4) is 0 Å². The molecule has 3 aliphatic carbocycles. The number of hydrogen-bond acceptors (Lipinski definition) is 9. The van der Waals surface area contributed by atoms with Crippen LogP contribution in [0.15, 0.2) is 24.8 Å². The molecule has 1 aromatic rings. The maximum atomic E-state index is 13.8. The summed E-state index contributed by atoms with van der Waals surface area (Å²) < 4.78 is 0. The molecule has 36 heavy (non-hydrogen) atoms. The monoisotopic (exact) mass is 497 g/mol. The summed E-state index contributed by atoms with van der Waals surface area (Å²) in [6.07, 6.45) is 1.99. The highest BCUT2D eigenvalue weighted by atomic mass is 16.3. The van der Waals surface area contributed by atoms with E-state index >= 15 is 0 Å². The molecule has 1 amide bonds. The van der Waals surface area contributed by atoms with Crippen molar-refractivity contribution in [3.05, 3.63) is 41.5 Å². The first-order valence-corrected chi connectivity index (χ1v) is 11.8. The van der Waals surface area contributed by atoms with Gasteiger partial charge in [0.1, 0.15) is 5.75 Å². The van der Waals surface area contributed by atoms with E-state index in [-0.39, 0.29) is 24.2 Å². The lowest BCUT2D eigenvalue weighted by Gasteiger charge is -2.52. The number of nitrogens with two attached hydrogens (primary N) is 1. The molecule has 0 aromatic heterocycles. The third kappa shape index (κ3) is 3.63. The number of hydrogen-bond donors (Lipinski definition) is 3. The van der Waals surface area contributed by atoms with Gasteiger partial charge in [-0.05, 0) is 45.5 Å². The zero-order valence-corrected chi connectivity index (χ0v) is 20.6. The van der Waals surface area contributed by atoms with Gasteiger partial charge in [0.05, 0.1) is 17.5 Å². The molecule has 192 valence electrons. The number of likely N-dealkylation sites (N-methyl/N-ethyl adjacent to an activating group) is 2. The minimum Gasteiger partial charge on any atom is -0.507 e. The molecule has 0 spiro atoms. The SMILES string of the molecule is C=CCN(C)Cc1ccc2c(c1O)C(=O)C1C(=O)[C@]3(O)C(=O)C(C(N)=O)C(=O)[C@@H](N(C)C)[C@@H]3C[C@@H]1C2. The average Bonchev–Trinajstić information content (AvgIpc) is 2.78. The molecular formula is C26H31N3O7. The molecule has 6 atom stereocenters. The predicted octanol–water partition coefficient (Wildman–Crippen LogP) is -0.515. The van der Waals surface area contributed by atoms with Crippen molar-refractivity contribution in [2.24, 2.45) is 29.4 Å². The largest absolute Gasteiger partial charge is 0.507 e. The zero-order valence-electron chi connectivity index (χ0n) is 20.6. The van der Waals surface area contributed by atoms with E-state index in [4.69, 9.17) is 5.73 Å². The number of carbonyl (C=O) groups excluding carboxylic acids is 5. The molecule has 0 saturated heterocycles. The van der Waals surface area contributed by atoms with E-state index in [1.54, 1.807) is 32.3 Å². The van der Waals surface area contributed by atoms with Crippen LogP contribution in [0.5, 0.6) is 5.75 Å². The Balaban J connectivity index is 1.79. The number of benzene rings is 1. The van der Waals surface area contributed by atoms with Crippen LogP contribution in [0.25, 0.3) is 0 Å². The molecule has 1 aromatic carbocycles.